The van der Waals surface area contributed by atoms with Crippen molar-refractivity contribution in [3.8, 4) is 6.07 Å². The van der Waals surface area contributed by atoms with Crippen molar-refractivity contribution in [2.45, 2.75) is 49.8 Å². The Morgan fingerprint density at radius 2 is 2.05 bits per heavy atom. The molecule has 0 aromatic heterocycles. The fraction of sp³-hybridized carbons (Fsp3) is 0.562. The summed E-state index contributed by atoms with van der Waals surface area (Å²) in [6.07, 6.45) is 4.81. The monoisotopic (exact) mass is 256 g/mol. The van der Waals surface area contributed by atoms with E-state index in [-0.39, 0.29) is 0 Å². The van der Waals surface area contributed by atoms with Crippen molar-refractivity contribution < 1.29 is 5.11 Å². The standard InChI is InChI=1S/C16H20N2O/c1-18-14-5-6-15(18)10-16(19,9-14)8-12-3-2-4-13(7-12)11-17/h2-4,7,14-15,19H,5-6,8-10H2,1H3. The number of aliphatic hydroxyl groups is 1. The third-order valence-corrected chi connectivity index (χ3v) is 4.81. The van der Waals surface area contributed by atoms with Gasteiger partial charge in [0.15, 0.2) is 0 Å². The number of nitriles is 1. The molecule has 0 amide bonds. The Kier molecular flexibility index (Phi) is 3.08. The van der Waals surface area contributed by atoms with E-state index in [1.165, 1.54) is 12.8 Å². The Labute approximate surface area is 114 Å². The molecule has 3 heteroatoms. The molecule has 2 aliphatic rings. The van der Waals surface area contributed by atoms with Gasteiger partial charge in [-0.15, -0.1) is 0 Å². The van der Waals surface area contributed by atoms with E-state index >= 15 is 0 Å². The fourth-order valence-electron chi connectivity index (χ4n) is 3.82. The number of piperidine rings is 1. The first kappa shape index (κ1) is 12.7. The van der Waals surface area contributed by atoms with Crippen LogP contribution >= 0.6 is 0 Å². The van der Waals surface area contributed by atoms with Crippen LogP contribution in [0.1, 0.15) is 36.8 Å². The van der Waals surface area contributed by atoms with Crippen molar-refractivity contribution in [2.75, 3.05) is 7.05 Å². The second-order valence-electron chi connectivity index (χ2n) is 6.17. The van der Waals surface area contributed by atoms with Crippen molar-refractivity contribution in [3.63, 3.8) is 0 Å². The van der Waals surface area contributed by atoms with Gasteiger partial charge in [0.1, 0.15) is 0 Å². The Balaban J connectivity index is 1.77. The van der Waals surface area contributed by atoms with Gasteiger partial charge in [0, 0.05) is 18.5 Å². The molecule has 2 saturated heterocycles. The Hall–Kier alpha value is -1.37. The number of hydrogen-bond donors (Lipinski definition) is 1. The van der Waals surface area contributed by atoms with E-state index in [4.69, 9.17) is 5.26 Å². The summed E-state index contributed by atoms with van der Waals surface area (Å²) in [5.41, 5.74) is 1.16. The first-order valence-corrected chi connectivity index (χ1v) is 7.03. The maximum atomic E-state index is 10.9. The lowest BCUT2D eigenvalue weighted by Crippen LogP contribution is -2.50. The highest BCUT2D eigenvalue weighted by molar-refractivity contribution is 5.33. The van der Waals surface area contributed by atoms with E-state index in [1.807, 2.05) is 24.3 Å². The number of nitrogens with zero attached hydrogens (tertiary/aromatic N) is 2. The van der Waals surface area contributed by atoms with E-state index in [9.17, 15) is 5.11 Å². The summed E-state index contributed by atoms with van der Waals surface area (Å²) in [6.45, 7) is 0. The lowest BCUT2D eigenvalue weighted by molar-refractivity contribution is -0.0437. The molecule has 0 aliphatic carbocycles. The second-order valence-corrected chi connectivity index (χ2v) is 6.17. The molecule has 0 spiro atoms. The van der Waals surface area contributed by atoms with Crippen molar-refractivity contribution in [1.82, 2.24) is 4.90 Å². The molecule has 0 saturated carbocycles. The molecule has 3 nitrogen and oxygen atoms in total. The minimum absolute atomic E-state index is 0.530. The van der Waals surface area contributed by atoms with E-state index in [2.05, 4.69) is 18.0 Å². The van der Waals surface area contributed by atoms with Crippen LogP contribution in [0.2, 0.25) is 0 Å². The molecular weight excluding hydrogens is 236 g/mol. The second kappa shape index (κ2) is 4.63. The molecule has 2 fully saturated rings. The lowest BCUT2D eigenvalue weighted by Gasteiger charge is -2.42. The summed E-state index contributed by atoms with van der Waals surface area (Å²) in [5.74, 6) is 0. The zero-order chi connectivity index (χ0) is 13.5. The van der Waals surface area contributed by atoms with Crippen molar-refractivity contribution in [1.29, 1.82) is 5.26 Å². The fourth-order valence-corrected chi connectivity index (χ4v) is 3.82. The van der Waals surface area contributed by atoms with Gasteiger partial charge < -0.3 is 10.0 Å². The lowest BCUT2D eigenvalue weighted by atomic mass is 9.81. The predicted molar refractivity (Wildman–Crippen MR) is 73.6 cm³/mol. The normalized spacial score (nSPS) is 34.2. The van der Waals surface area contributed by atoms with Gasteiger partial charge in [-0.1, -0.05) is 12.1 Å². The highest BCUT2D eigenvalue weighted by atomic mass is 16.3. The highest BCUT2D eigenvalue weighted by Gasteiger charge is 2.45. The summed E-state index contributed by atoms with van der Waals surface area (Å²) in [7, 11) is 2.18. The summed E-state index contributed by atoms with van der Waals surface area (Å²) in [5, 5.41) is 19.8. The first-order chi connectivity index (χ1) is 9.09. The van der Waals surface area contributed by atoms with Crippen LogP contribution in [0.3, 0.4) is 0 Å². The quantitative estimate of drug-likeness (QED) is 0.881. The van der Waals surface area contributed by atoms with Gasteiger partial charge in [0.25, 0.3) is 0 Å². The van der Waals surface area contributed by atoms with Gasteiger partial charge in [0.05, 0.1) is 17.2 Å². The molecule has 2 aliphatic heterocycles. The minimum Gasteiger partial charge on any atom is -0.389 e. The van der Waals surface area contributed by atoms with Crippen LogP contribution in [0.25, 0.3) is 0 Å². The third kappa shape index (κ3) is 2.39. The average molecular weight is 256 g/mol. The molecule has 2 atom stereocenters. The van der Waals surface area contributed by atoms with Crippen LogP contribution in [0.5, 0.6) is 0 Å². The molecule has 100 valence electrons. The SMILES string of the molecule is CN1C2CCC1CC(O)(Cc1cccc(C#N)c1)C2. The number of hydrogen-bond acceptors (Lipinski definition) is 3. The van der Waals surface area contributed by atoms with Gasteiger partial charge in [0.2, 0.25) is 0 Å². The van der Waals surface area contributed by atoms with E-state index in [0.717, 1.165) is 18.4 Å². The molecule has 19 heavy (non-hydrogen) atoms. The van der Waals surface area contributed by atoms with Crippen LogP contribution in [0.15, 0.2) is 24.3 Å². The highest BCUT2D eigenvalue weighted by Crippen LogP contribution is 2.41. The predicted octanol–water partition coefficient (Wildman–Crippen LogP) is 2.09. The summed E-state index contributed by atoms with van der Waals surface area (Å²) in [4.78, 5) is 2.43. The van der Waals surface area contributed by atoms with Crippen LogP contribution in [0, 0.1) is 11.3 Å². The third-order valence-electron chi connectivity index (χ3n) is 4.81. The first-order valence-electron chi connectivity index (χ1n) is 7.03. The van der Waals surface area contributed by atoms with E-state index < -0.39 is 5.60 Å². The number of rotatable bonds is 2. The molecule has 1 aromatic rings. The molecule has 2 unspecified atom stereocenters. The van der Waals surface area contributed by atoms with Gasteiger partial charge in [-0.2, -0.15) is 5.26 Å². The molecule has 2 heterocycles. The largest absolute Gasteiger partial charge is 0.389 e. The van der Waals surface area contributed by atoms with Crippen molar-refractivity contribution >= 4 is 0 Å². The molecule has 2 bridgehead atoms. The Bertz CT molecular complexity index is 506. The Morgan fingerprint density at radius 1 is 1.37 bits per heavy atom. The molecular formula is C16H20N2O. The smallest absolute Gasteiger partial charge is 0.0991 e. The molecule has 3 rings (SSSR count). The van der Waals surface area contributed by atoms with Crippen LogP contribution in [0.4, 0.5) is 0 Å². The minimum atomic E-state index is -0.591. The Morgan fingerprint density at radius 3 is 2.68 bits per heavy atom. The van der Waals surface area contributed by atoms with Gasteiger partial charge in [-0.25, -0.2) is 0 Å². The molecule has 1 aromatic carbocycles. The molecule has 0 radical (unpaired) electrons. The van der Waals surface area contributed by atoms with E-state index in [0.29, 0.717) is 24.1 Å². The summed E-state index contributed by atoms with van der Waals surface area (Å²) < 4.78 is 0. The zero-order valence-corrected chi connectivity index (χ0v) is 11.3. The number of benzene rings is 1. The average Bonchev–Trinajstić information content (AvgIpc) is 2.62. The van der Waals surface area contributed by atoms with Crippen molar-refractivity contribution in [2.24, 2.45) is 0 Å². The number of fused-ring (bicyclic) bond motifs is 2. The van der Waals surface area contributed by atoms with Gasteiger partial charge in [-0.05, 0) is 50.4 Å². The van der Waals surface area contributed by atoms with Crippen LogP contribution in [-0.2, 0) is 6.42 Å². The van der Waals surface area contributed by atoms with Gasteiger partial charge in [-0.3, -0.25) is 0 Å². The maximum absolute atomic E-state index is 10.9. The van der Waals surface area contributed by atoms with Crippen LogP contribution in [-0.4, -0.2) is 34.7 Å². The van der Waals surface area contributed by atoms with E-state index in [1.54, 1.807) is 0 Å². The summed E-state index contributed by atoms with van der Waals surface area (Å²) >= 11 is 0. The topological polar surface area (TPSA) is 47.3 Å². The van der Waals surface area contributed by atoms with Crippen LogP contribution < -0.4 is 0 Å². The van der Waals surface area contributed by atoms with Crippen molar-refractivity contribution in [3.05, 3.63) is 35.4 Å². The summed E-state index contributed by atoms with van der Waals surface area (Å²) in [6, 6.07) is 10.9. The molecule has 1 N–H and O–H groups in total. The maximum Gasteiger partial charge on any atom is 0.0991 e. The van der Waals surface area contributed by atoms with Gasteiger partial charge >= 0.3 is 0 Å². The zero-order valence-electron chi connectivity index (χ0n) is 11.3.